The van der Waals surface area contributed by atoms with Crippen LogP contribution in [0.1, 0.15) is 28.5 Å². The van der Waals surface area contributed by atoms with Crippen LogP contribution in [0.15, 0.2) is 18.3 Å². The van der Waals surface area contributed by atoms with Crippen LogP contribution in [0.3, 0.4) is 0 Å². The number of rotatable bonds is 2. The SMILES string of the molecule is CN1CCN(C(=O)c2ccc3nnc([C@H]4CCN(C(=O)N(C)C)C4)n3c2)CC1. The second-order valence-electron chi connectivity index (χ2n) is 7.91. The Morgan fingerprint density at radius 2 is 1.79 bits per heavy atom. The summed E-state index contributed by atoms with van der Waals surface area (Å²) in [6.07, 6.45) is 2.69. The van der Waals surface area contributed by atoms with Gasteiger partial charge in [0.15, 0.2) is 5.65 Å². The van der Waals surface area contributed by atoms with Gasteiger partial charge in [-0.2, -0.15) is 0 Å². The molecule has 2 aromatic rings. The van der Waals surface area contributed by atoms with Gasteiger partial charge in [0, 0.05) is 65.5 Å². The molecule has 0 unspecified atom stereocenters. The summed E-state index contributed by atoms with van der Waals surface area (Å²) in [5.41, 5.74) is 1.37. The normalized spacial score (nSPS) is 20.8. The van der Waals surface area contributed by atoms with E-state index in [1.54, 1.807) is 19.0 Å². The number of hydrogen-bond donors (Lipinski definition) is 0. The third kappa shape index (κ3) is 3.42. The highest BCUT2D eigenvalue weighted by Gasteiger charge is 2.31. The number of likely N-dealkylation sites (tertiary alicyclic amines) is 1. The molecule has 3 amide bonds. The Morgan fingerprint density at radius 1 is 1.04 bits per heavy atom. The average Bonchev–Trinajstić information content (AvgIpc) is 3.33. The molecule has 150 valence electrons. The number of carbonyl (C=O) groups excluding carboxylic acids is 2. The summed E-state index contributed by atoms with van der Waals surface area (Å²) in [6, 6.07) is 3.69. The summed E-state index contributed by atoms with van der Waals surface area (Å²) < 4.78 is 1.91. The van der Waals surface area contributed by atoms with Crippen molar-refractivity contribution in [1.29, 1.82) is 0 Å². The van der Waals surface area contributed by atoms with Crippen molar-refractivity contribution >= 4 is 17.6 Å². The molecule has 4 rings (SSSR count). The molecule has 4 heterocycles. The number of pyridine rings is 1. The topological polar surface area (TPSA) is 77.3 Å². The maximum atomic E-state index is 12.9. The van der Waals surface area contributed by atoms with Crippen LogP contribution in [-0.4, -0.2) is 107 Å². The van der Waals surface area contributed by atoms with Gasteiger partial charge >= 0.3 is 6.03 Å². The van der Waals surface area contributed by atoms with Gasteiger partial charge in [0.1, 0.15) is 5.82 Å². The molecule has 0 radical (unpaired) electrons. The summed E-state index contributed by atoms with van der Waals surface area (Å²) in [5, 5.41) is 8.63. The van der Waals surface area contributed by atoms with Crippen LogP contribution in [0.5, 0.6) is 0 Å². The highest BCUT2D eigenvalue weighted by molar-refractivity contribution is 5.94. The van der Waals surface area contributed by atoms with Gasteiger partial charge < -0.3 is 19.6 Å². The maximum Gasteiger partial charge on any atom is 0.319 e. The second kappa shape index (κ2) is 7.38. The molecular formula is C19H27N7O2. The zero-order valence-electron chi connectivity index (χ0n) is 16.7. The molecule has 0 saturated carbocycles. The van der Waals surface area contributed by atoms with E-state index in [9.17, 15) is 9.59 Å². The van der Waals surface area contributed by atoms with Gasteiger partial charge in [-0.25, -0.2) is 4.79 Å². The molecular weight excluding hydrogens is 358 g/mol. The monoisotopic (exact) mass is 385 g/mol. The van der Waals surface area contributed by atoms with Gasteiger partial charge in [0.2, 0.25) is 0 Å². The number of aromatic nitrogens is 3. The molecule has 0 N–H and O–H groups in total. The second-order valence-corrected chi connectivity index (χ2v) is 7.91. The maximum absolute atomic E-state index is 12.9. The lowest BCUT2D eigenvalue weighted by molar-refractivity contribution is 0.0663. The van der Waals surface area contributed by atoms with Crippen LogP contribution in [-0.2, 0) is 0 Å². The number of hydrogen-bond acceptors (Lipinski definition) is 5. The van der Waals surface area contributed by atoms with Crippen molar-refractivity contribution in [3.63, 3.8) is 0 Å². The Bertz CT molecular complexity index is 886. The minimum Gasteiger partial charge on any atom is -0.336 e. The minimum atomic E-state index is 0.0160. The standard InChI is InChI=1S/C19H27N7O2/c1-22(2)19(28)25-7-6-14(12-25)17-21-20-16-5-4-15(13-26(16)17)18(27)24-10-8-23(3)9-11-24/h4-5,13-14H,6-12H2,1-3H3/t14-/m0/s1. The third-order valence-electron chi connectivity index (χ3n) is 5.67. The third-order valence-corrected chi connectivity index (χ3v) is 5.67. The fourth-order valence-electron chi connectivity index (χ4n) is 3.93. The van der Waals surface area contributed by atoms with Gasteiger partial charge in [0.25, 0.3) is 5.91 Å². The first kappa shape index (κ1) is 18.7. The smallest absolute Gasteiger partial charge is 0.319 e. The first-order chi connectivity index (χ1) is 13.4. The number of urea groups is 1. The predicted molar refractivity (Wildman–Crippen MR) is 104 cm³/mol. The molecule has 28 heavy (non-hydrogen) atoms. The molecule has 9 nitrogen and oxygen atoms in total. The first-order valence-electron chi connectivity index (χ1n) is 9.73. The van der Waals surface area contributed by atoms with E-state index in [-0.39, 0.29) is 17.9 Å². The van der Waals surface area contributed by atoms with Crippen LogP contribution in [0.25, 0.3) is 5.65 Å². The summed E-state index contributed by atoms with van der Waals surface area (Å²) in [7, 11) is 5.60. The summed E-state index contributed by atoms with van der Waals surface area (Å²) in [4.78, 5) is 32.7. The van der Waals surface area contributed by atoms with E-state index in [1.807, 2.05) is 32.5 Å². The molecule has 0 bridgehead atoms. The Balaban J connectivity index is 1.55. The summed E-state index contributed by atoms with van der Waals surface area (Å²) in [6.45, 7) is 4.59. The fourth-order valence-corrected chi connectivity index (χ4v) is 3.93. The molecule has 0 aromatic carbocycles. The molecule has 2 aliphatic rings. The Kier molecular flexibility index (Phi) is 4.92. The van der Waals surface area contributed by atoms with Crippen molar-refractivity contribution < 1.29 is 9.59 Å². The molecule has 2 aromatic heterocycles. The fraction of sp³-hybridized carbons (Fsp3) is 0.579. The number of fused-ring (bicyclic) bond motifs is 1. The molecule has 2 fully saturated rings. The Hall–Kier alpha value is -2.68. The zero-order valence-corrected chi connectivity index (χ0v) is 16.7. The van der Waals surface area contributed by atoms with Crippen molar-refractivity contribution in [3.05, 3.63) is 29.7 Å². The van der Waals surface area contributed by atoms with Crippen LogP contribution in [0.2, 0.25) is 0 Å². The van der Waals surface area contributed by atoms with Gasteiger partial charge in [-0.3, -0.25) is 9.20 Å². The number of piperazine rings is 1. The quantitative estimate of drug-likeness (QED) is 0.756. The van der Waals surface area contributed by atoms with E-state index in [1.165, 1.54) is 0 Å². The molecule has 9 heteroatoms. The van der Waals surface area contributed by atoms with E-state index in [2.05, 4.69) is 22.1 Å². The predicted octanol–water partition coefficient (Wildman–Crippen LogP) is 0.588. The van der Waals surface area contributed by atoms with Crippen molar-refractivity contribution in [2.75, 3.05) is 60.4 Å². The van der Waals surface area contributed by atoms with E-state index >= 15 is 0 Å². The highest BCUT2D eigenvalue weighted by atomic mass is 16.2. The van der Waals surface area contributed by atoms with E-state index in [0.717, 1.165) is 44.1 Å². The van der Waals surface area contributed by atoms with Crippen molar-refractivity contribution in [1.82, 2.24) is 34.2 Å². The van der Waals surface area contributed by atoms with Crippen molar-refractivity contribution in [2.45, 2.75) is 12.3 Å². The van der Waals surface area contributed by atoms with E-state index in [0.29, 0.717) is 18.7 Å². The lowest BCUT2D eigenvalue weighted by Crippen LogP contribution is -2.47. The number of carbonyl (C=O) groups is 2. The number of amides is 3. The summed E-state index contributed by atoms with van der Waals surface area (Å²) >= 11 is 0. The van der Waals surface area contributed by atoms with Gasteiger partial charge in [-0.1, -0.05) is 0 Å². The van der Waals surface area contributed by atoms with E-state index < -0.39 is 0 Å². The molecule has 2 aliphatic heterocycles. The van der Waals surface area contributed by atoms with Crippen molar-refractivity contribution in [3.8, 4) is 0 Å². The number of likely N-dealkylation sites (N-methyl/N-ethyl adjacent to an activating group) is 1. The van der Waals surface area contributed by atoms with Crippen molar-refractivity contribution in [2.24, 2.45) is 0 Å². The molecule has 2 saturated heterocycles. The van der Waals surface area contributed by atoms with E-state index in [4.69, 9.17) is 0 Å². The molecule has 0 spiro atoms. The van der Waals surface area contributed by atoms with Gasteiger partial charge in [-0.15, -0.1) is 10.2 Å². The average molecular weight is 385 g/mol. The Labute approximate surface area is 164 Å². The lowest BCUT2D eigenvalue weighted by atomic mass is 10.1. The largest absolute Gasteiger partial charge is 0.336 e. The van der Waals surface area contributed by atoms with Gasteiger partial charge in [0.05, 0.1) is 5.56 Å². The summed E-state index contributed by atoms with van der Waals surface area (Å²) in [5.74, 6) is 0.982. The molecule has 0 aliphatic carbocycles. The highest BCUT2D eigenvalue weighted by Crippen LogP contribution is 2.27. The number of nitrogens with zero attached hydrogens (tertiary/aromatic N) is 7. The molecule has 1 atom stereocenters. The van der Waals surface area contributed by atoms with Crippen LogP contribution >= 0.6 is 0 Å². The van der Waals surface area contributed by atoms with Crippen LogP contribution in [0.4, 0.5) is 4.79 Å². The first-order valence-corrected chi connectivity index (χ1v) is 9.73. The minimum absolute atomic E-state index is 0.0160. The van der Waals surface area contributed by atoms with Crippen LogP contribution < -0.4 is 0 Å². The zero-order chi connectivity index (χ0) is 19.8. The Morgan fingerprint density at radius 3 is 2.50 bits per heavy atom. The van der Waals surface area contributed by atoms with Gasteiger partial charge in [-0.05, 0) is 25.6 Å². The lowest BCUT2D eigenvalue weighted by Gasteiger charge is -2.32. The van der Waals surface area contributed by atoms with Crippen LogP contribution in [0, 0.1) is 0 Å².